The minimum atomic E-state index is -0.678. The van der Waals surface area contributed by atoms with Gasteiger partial charge in [-0.05, 0) is 29.2 Å². The molecule has 0 radical (unpaired) electrons. The minimum Gasteiger partial charge on any atom is -0.497 e. The molecule has 2 aromatic rings. The highest BCUT2D eigenvalue weighted by Crippen LogP contribution is 2.34. The maximum atomic E-state index is 10.2. The van der Waals surface area contributed by atoms with E-state index in [1.54, 1.807) is 7.11 Å². The lowest BCUT2D eigenvalue weighted by molar-refractivity contribution is 0.0986. The minimum absolute atomic E-state index is 0.104. The molecule has 27 heavy (non-hydrogen) atoms. The summed E-state index contributed by atoms with van der Waals surface area (Å²) in [5.74, 6) is 1.52. The van der Waals surface area contributed by atoms with E-state index in [1.165, 1.54) is 0 Å². The number of aliphatic hydroxyl groups excluding tert-OH is 2. The molecule has 148 valence electrons. The standard InChI is InChI=1S/C22H31NO4/c1-22(2,3)19-12-18(26-4)10-11-21(19)27-15-17(24)13-23-14-20(25)16-8-6-5-7-9-16/h5-12,17,20,23-25H,13-15H2,1-4H3/t17-,20-/m0/s1. The second kappa shape index (κ2) is 9.74. The van der Waals surface area contributed by atoms with Gasteiger partial charge in [0, 0.05) is 18.7 Å². The van der Waals surface area contributed by atoms with E-state index in [0.717, 1.165) is 22.6 Å². The summed E-state index contributed by atoms with van der Waals surface area (Å²) in [4.78, 5) is 0. The molecule has 0 spiro atoms. The maximum Gasteiger partial charge on any atom is 0.123 e. The Morgan fingerprint density at radius 2 is 1.70 bits per heavy atom. The Kier molecular flexibility index (Phi) is 7.66. The van der Waals surface area contributed by atoms with Crippen molar-refractivity contribution in [3.8, 4) is 11.5 Å². The van der Waals surface area contributed by atoms with Gasteiger partial charge in [-0.1, -0.05) is 51.1 Å². The molecular weight excluding hydrogens is 342 g/mol. The summed E-state index contributed by atoms with van der Waals surface area (Å²) in [6.45, 7) is 7.21. The highest BCUT2D eigenvalue weighted by Gasteiger charge is 2.20. The third kappa shape index (κ3) is 6.54. The zero-order valence-corrected chi connectivity index (χ0v) is 16.6. The van der Waals surface area contributed by atoms with Crippen LogP contribution in [0.1, 0.15) is 38.0 Å². The van der Waals surface area contributed by atoms with Gasteiger partial charge in [-0.3, -0.25) is 0 Å². The summed E-state index contributed by atoms with van der Waals surface area (Å²) >= 11 is 0. The number of benzene rings is 2. The van der Waals surface area contributed by atoms with Crippen LogP contribution in [-0.4, -0.2) is 43.1 Å². The SMILES string of the molecule is COc1ccc(OC[C@@H](O)CNC[C@H](O)c2ccccc2)c(C(C)(C)C)c1. The number of hydrogen-bond donors (Lipinski definition) is 3. The number of hydrogen-bond acceptors (Lipinski definition) is 5. The second-order valence-corrected chi connectivity index (χ2v) is 7.66. The fourth-order valence-electron chi connectivity index (χ4n) is 2.77. The van der Waals surface area contributed by atoms with Gasteiger partial charge < -0.3 is 25.0 Å². The van der Waals surface area contributed by atoms with Gasteiger partial charge in [0.05, 0.1) is 13.2 Å². The third-order valence-corrected chi connectivity index (χ3v) is 4.33. The lowest BCUT2D eigenvalue weighted by atomic mass is 9.86. The lowest BCUT2D eigenvalue weighted by Gasteiger charge is -2.24. The second-order valence-electron chi connectivity index (χ2n) is 7.66. The number of rotatable bonds is 9. The first-order valence-corrected chi connectivity index (χ1v) is 9.24. The molecule has 0 saturated heterocycles. The normalized spacial score (nSPS) is 13.9. The van der Waals surface area contributed by atoms with Crippen molar-refractivity contribution in [3.63, 3.8) is 0 Å². The van der Waals surface area contributed by atoms with Crippen LogP contribution in [-0.2, 0) is 5.41 Å². The molecule has 0 fully saturated rings. The summed E-state index contributed by atoms with van der Waals surface area (Å²) in [6, 6.07) is 15.1. The average Bonchev–Trinajstić information content (AvgIpc) is 2.66. The summed E-state index contributed by atoms with van der Waals surface area (Å²) < 4.78 is 11.2. The first-order chi connectivity index (χ1) is 12.8. The van der Waals surface area contributed by atoms with E-state index in [-0.39, 0.29) is 12.0 Å². The summed E-state index contributed by atoms with van der Waals surface area (Å²) in [6.07, 6.45) is -1.28. The molecule has 0 unspecified atom stereocenters. The van der Waals surface area contributed by atoms with Crippen molar-refractivity contribution in [3.05, 3.63) is 59.7 Å². The first-order valence-electron chi connectivity index (χ1n) is 9.24. The first kappa shape index (κ1) is 21.2. The van der Waals surface area contributed by atoms with Crippen molar-refractivity contribution >= 4 is 0 Å². The largest absolute Gasteiger partial charge is 0.497 e. The van der Waals surface area contributed by atoms with Crippen LogP contribution < -0.4 is 14.8 Å². The monoisotopic (exact) mass is 373 g/mol. The van der Waals surface area contributed by atoms with E-state index in [4.69, 9.17) is 9.47 Å². The highest BCUT2D eigenvalue weighted by molar-refractivity contribution is 5.44. The fraction of sp³-hybridized carbons (Fsp3) is 0.455. The summed E-state index contributed by atoms with van der Waals surface area (Å²) in [5, 5.41) is 23.4. The van der Waals surface area contributed by atoms with E-state index >= 15 is 0 Å². The van der Waals surface area contributed by atoms with Gasteiger partial charge in [0.25, 0.3) is 0 Å². The predicted molar refractivity (Wildman–Crippen MR) is 107 cm³/mol. The van der Waals surface area contributed by atoms with Gasteiger partial charge in [0.2, 0.25) is 0 Å². The Balaban J connectivity index is 1.84. The maximum absolute atomic E-state index is 10.2. The quantitative estimate of drug-likeness (QED) is 0.630. The molecular formula is C22H31NO4. The van der Waals surface area contributed by atoms with Crippen LogP contribution in [0.3, 0.4) is 0 Å². The third-order valence-electron chi connectivity index (χ3n) is 4.33. The van der Waals surface area contributed by atoms with E-state index in [2.05, 4.69) is 26.1 Å². The van der Waals surface area contributed by atoms with Gasteiger partial charge in [-0.25, -0.2) is 0 Å². The van der Waals surface area contributed by atoms with Crippen molar-refractivity contribution in [1.82, 2.24) is 5.32 Å². The van der Waals surface area contributed by atoms with E-state index < -0.39 is 12.2 Å². The molecule has 2 aromatic carbocycles. The molecule has 2 rings (SSSR count). The van der Waals surface area contributed by atoms with Gasteiger partial charge >= 0.3 is 0 Å². The van der Waals surface area contributed by atoms with Crippen LogP contribution in [0.25, 0.3) is 0 Å². The molecule has 3 N–H and O–H groups in total. The van der Waals surface area contributed by atoms with Gasteiger partial charge in [0.15, 0.2) is 0 Å². The molecule has 0 saturated carbocycles. The Morgan fingerprint density at radius 3 is 2.33 bits per heavy atom. The fourth-order valence-corrected chi connectivity index (χ4v) is 2.77. The topological polar surface area (TPSA) is 71.0 Å². The number of ether oxygens (including phenoxy) is 2. The van der Waals surface area contributed by atoms with Crippen LogP contribution in [0.4, 0.5) is 0 Å². The molecule has 2 atom stereocenters. The van der Waals surface area contributed by atoms with E-state index in [9.17, 15) is 10.2 Å². The Labute approximate surface area is 162 Å². The highest BCUT2D eigenvalue weighted by atomic mass is 16.5. The Hall–Kier alpha value is -2.08. The van der Waals surface area contributed by atoms with Crippen LogP contribution in [0.2, 0.25) is 0 Å². The molecule has 5 nitrogen and oxygen atoms in total. The molecule has 5 heteroatoms. The van der Waals surface area contributed by atoms with E-state index in [0.29, 0.717) is 13.1 Å². The summed E-state index contributed by atoms with van der Waals surface area (Å²) in [7, 11) is 1.64. The van der Waals surface area contributed by atoms with Crippen LogP contribution in [0.15, 0.2) is 48.5 Å². The van der Waals surface area contributed by atoms with Crippen molar-refractivity contribution in [2.24, 2.45) is 0 Å². The summed E-state index contributed by atoms with van der Waals surface area (Å²) in [5.41, 5.74) is 1.78. The van der Waals surface area contributed by atoms with Crippen LogP contribution in [0, 0.1) is 0 Å². The van der Waals surface area contributed by atoms with Crippen molar-refractivity contribution < 1.29 is 19.7 Å². The molecule has 0 aromatic heterocycles. The van der Waals surface area contributed by atoms with Crippen LogP contribution in [0.5, 0.6) is 11.5 Å². The zero-order chi connectivity index (χ0) is 19.9. The lowest BCUT2D eigenvalue weighted by Crippen LogP contribution is -2.34. The number of nitrogens with one attached hydrogen (secondary N) is 1. The van der Waals surface area contributed by atoms with Gasteiger partial charge in [-0.2, -0.15) is 0 Å². The molecule has 0 heterocycles. The molecule has 0 aliphatic carbocycles. The van der Waals surface area contributed by atoms with Crippen molar-refractivity contribution in [2.75, 3.05) is 26.8 Å². The zero-order valence-electron chi connectivity index (χ0n) is 16.6. The van der Waals surface area contributed by atoms with Crippen LogP contribution >= 0.6 is 0 Å². The van der Waals surface area contributed by atoms with Crippen molar-refractivity contribution in [2.45, 2.75) is 38.4 Å². The average molecular weight is 373 g/mol. The Bertz CT molecular complexity index is 697. The van der Waals surface area contributed by atoms with Crippen molar-refractivity contribution in [1.29, 1.82) is 0 Å². The smallest absolute Gasteiger partial charge is 0.123 e. The Morgan fingerprint density at radius 1 is 1.00 bits per heavy atom. The molecule has 0 aliphatic heterocycles. The van der Waals surface area contributed by atoms with Gasteiger partial charge in [-0.15, -0.1) is 0 Å². The van der Waals surface area contributed by atoms with E-state index in [1.807, 2.05) is 48.5 Å². The van der Waals surface area contributed by atoms with Gasteiger partial charge in [0.1, 0.15) is 24.2 Å². The number of aliphatic hydroxyl groups is 2. The molecule has 0 bridgehead atoms. The molecule has 0 amide bonds. The molecule has 0 aliphatic rings. The predicted octanol–water partition coefficient (Wildman–Crippen LogP) is 3.06. The number of methoxy groups -OCH3 is 1.